The van der Waals surface area contributed by atoms with Crippen LogP contribution < -0.4 is 0 Å². The molecule has 0 saturated heterocycles. The van der Waals surface area contributed by atoms with Crippen molar-refractivity contribution >= 4 is 12.1 Å². The summed E-state index contributed by atoms with van der Waals surface area (Å²) in [4.78, 5) is 26.9. The molecule has 2 atom stereocenters. The summed E-state index contributed by atoms with van der Waals surface area (Å²) < 4.78 is 5.53. The number of carbonyl (C=O) groups is 2. The Bertz CT molecular complexity index is 614. The van der Waals surface area contributed by atoms with Gasteiger partial charge in [-0.15, -0.1) is 0 Å². The SMILES string of the molecule is CC(C)C1CCCCC1(C(=O)O)N(C(=O)OCc1ccccc1)C(C)C. The maximum atomic E-state index is 13.0. The molecule has 0 aromatic heterocycles. The van der Waals surface area contributed by atoms with Gasteiger partial charge in [0.15, 0.2) is 0 Å². The fraction of sp³-hybridized carbons (Fsp3) is 0.619. The van der Waals surface area contributed by atoms with E-state index in [0.717, 1.165) is 24.8 Å². The van der Waals surface area contributed by atoms with E-state index in [-0.39, 0.29) is 24.5 Å². The molecule has 1 N–H and O–H groups in total. The molecular weight excluding hydrogens is 330 g/mol. The average Bonchev–Trinajstić information content (AvgIpc) is 2.60. The van der Waals surface area contributed by atoms with Crippen LogP contribution in [-0.4, -0.2) is 33.6 Å². The van der Waals surface area contributed by atoms with E-state index in [9.17, 15) is 14.7 Å². The number of hydrogen-bond acceptors (Lipinski definition) is 3. The molecule has 1 aliphatic carbocycles. The van der Waals surface area contributed by atoms with E-state index >= 15 is 0 Å². The number of amides is 1. The summed E-state index contributed by atoms with van der Waals surface area (Å²) >= 11 is 0. The number of carbonyl (C=O) groups excluding carboxylic acids is 1. The highest BCUT2D eigenvalue weighted by atomic mass is 16.6. The maximum absolute atomic E-state index is 13.0. The lowest BCUT2D eigenvalue weighted by atomic mass is 9.66. The van der Waals surface area contributed by atoms with Crippen LogP contribution in [0.5, 0.6) is 0 Å². The highest BCUT2D eigenvalue weighted by molar-refractivity contribution is 5.85. The fourth-order valence-electron chi connectivity index (χ4n) is 4.36. The lowest BCUT2D eigenvalue weighted by Gasteiger charge is -2.50. The number of ether oxygens (including phenoxy) is 1. The zero-order valence-electron chi connectivity index (χ0n) is 16.3. The van der Waals surface area contributed by atoms with E-state index in [4.69, 9.17) is 4.74 Å². The molecule has 1 aromatic rings. The summed E-state index contributed by atoms with van der Waals surface area (Å²) in [5, 5.41) is 10.2. The van der Waals surface area contributed by atoms with Gasteiger partial charge in [-0.25, -0.2) is 9.59 Å². The molecule has 1 saturated carbocycles. The molecule has 144 valence electrons. The van der Waals surface area contributed by atoms with Gasteiger partial charge >= 0.3 is 12.1 Å². The van der Waals surface area contributed by atoms with Crippen molar-refractivity contribution in [1.82, 2.24) is 4.90 Å². The Balaban J connectivity index is 2.31. The molecule has 5 heteroatoms. The van der Waals surface area contributed by atoms with Gasteiger partial charge in [0.1, 0.15) is 12.1 Å². The fourth-order valence-corrected chi connectivity index (χ4v) is 4.36. The Morgan fingerprint density at radius 3 is 2.38 bits per heavy atom. The normalized spacial score (nSPS) is 23.1. The van der Waals surface area contributed by atoms with Crippen LogP contribution in [0.15, 0.2) is 30.3 Å². The van der Waals surface area contributed by atoms with E-state index < -0.39 is 17.6 Å². The van der Waals surface area contributed by atoms with Crippen LogP contribution in [0.2, 0.25) is 0 Å². The number of aliphatic carboxylic acids is 1. The first-order valence-corrected chi connectivity index (χ1v) is 9.54. The standard InChI is InChI=1S/C21H31NO4/c1-15(2)18-12-8-9-13-21(18,19(23)24)22(16(3)4)20(25)26-14-17-10-6-5-7-11-17/h5-7,10-11,15-16,18H,8-9,12-14H2,1-4H3,(H,23,24). The van der Waals surface area contributed by atoms with Crippen LogP contribution in [0, 0.1) is 11.8 Å². The first-order chi connectivity index (χ1) is 12.3. The molecule has 0 spiro atoms. The predicted molar refractivity (Wildman–Crippen MR) is 101 cm³/mol. The van der Waals surface area contributed by atoms with Gasteiger partial charge in [0.25, 0.3) is 0 Å². The molecule has 1 aromatic carbocycles. The van der Waals surface area contributed by atoms with Crippen LogP contribution >= 0.6 is 0 Å². The molecule has 2 rings (SSSR count). The summed E-state index contributed by atoms with van der Waals surface area (Å²) in [6, 6.07) is 9.19. The monoisotopic (exact) mass is 361 g/mol. The maximum Gasteiger partial charge on any atom is 0.411 e. The summed E-state index contributed by atoms with van der Waals surface area (Å²) in [5.74, 6) is -0.823. The number of rotatable bonds is 6. The summed E-state index contributed by atoms with van der Waals surface area (Å²) in [6.45, 7) is 7.95. The van der Waals surface area contributed by atoms with Crippen molar-refractivity contribution in [1.29, 1.82) is 0 Å². The van der Waals surface area contributed by atoms with Crippen molar-refractivity contribution in [2.24, 2.45) is 11.8 Å². The highest BCUT2D eigenvalue weighted by Gasteiger charge is 2.55. The molecule has 26 heavy (non-hydrogen) atoms. The van der Waals surface area contributed by atoms with Crippen molar-refractivity contribution in [2.75, 3.05) is 0 Å². The quantitative estimate of drug-likeness (QED) is 0.797. The number of hydrogen-bond donors (Lipinski definition) is 1. The van der Waals surface area contributed by atoms with Gasteiger partial charge < -0.3 is 9.84 Å². The summed E-state index contributed by atoms with van der Waals surface area (Å²) in [7, 11) is 0. The van der Waals surface area contributed by atoms with Gasteiger partial charge in [-0.1, -0.05) is 57.0 Å². The molecule has 2 unspecified atom stereocenters. The van der Waals surface area contributed by atoms with E-state index in [2.05, 4.69) is 0 Å². The molecule has 1 amide bonds. The second kappa shape index (κ2) is 8.56. The molecular formula is C21H31NO4. The smallest absolute Gasteiger partial charge is 0.411 e. The van der Waals surface area contributed by atoms with E-state index in [1.54, 1.807) is 0 Å². The number of carboxylic acids is 1. The third-order valence-electron chi connectivity index (χ3n) is 5.46. The summed E-state index contributed by atoms with van der Waals surface area (Å²) in [6.07, 6.45) is 2.56. The molecule has 0 aliphatic heterocycles. The Kier molecular flexibility index (Phi) is 6.68. The van der Waals surface area contributed by atoms with E-state index in [0.29, 0.717) is 6.42 Å². The van der Waals surface area contributed by atoms with Crippen molar-refractivity contribution in [2.45, 2.75) is 71.6 Å². The molecule has 1 fully saturated rings. The minimum Gasteiger partial charge on any atom is -0.479 e. The highest BCUT2D eigenvalue weighted by Crippen LogP contribution is 2.44. The van der Waals surface area contributed by atoms with Gasteiger partial charge in [-0.3, -0.25) is 4.90 Å². The molecule has 0 heterocycles. The van der Waals surface area contributed by atoms with E-state index in [1.165, 1.54) is 4.90 Å². The third-order valence-corrected chi connectivity index (χ3v) is 5.46. The Labute approximate surface area is 156 Å². The van der Waals surface area contributed by atoms with Gasteiger partial charge in [0.2, 0.25) is 0 Å². The molecule has 1 aliphatic rings. The van der Waals surface area contributed by atoms with Crippen molar-refractivity contribution < 1.29 is 19.4 Å². The third kappa shape index (κ3) is 4.02. The van der Waals surface area contributed by atoms with Crippen LogP contribution in [0.4, 0.5) is 4.79 Å². The van der Waals surface area contributed by atoms with Crippen molar-refractivity contribution in [3.8, 4) is 0 Å². The minimum absolute atomic E-state index is 0.0829. The average molecular weight is 361 g/mol. The van der Waals surface area contributed by atoms with Gasteiger partial charge in [0, 0.05) is 6.04 Å². The lowest BCUT2D eigenvalue weighted by molar-refractivity contribution is -0.161. The van der Waals surface area contributed by atoms with Crippen LogP contribution in [0.25, 0.3) is 0 Å². The van der Waals surface area contributed by atoms with Crippen LogP contribution in [-0.2, 0) is 16.1 Å². The molecule has 0 radical (unpaired) electrons. The van der Waals surface area contributed by atoms with Crippen LogP contribution in [0.3, 0.4) is 0 Å². The zero-order chi connectivity index (χ0) is 19.3. The number of benzene rings is 1. The predicted octanol–water partition coefficient (Wildman–Crippen LogP) is 4.70. The number of nitrogens with zero attached hydrogens (tertiary/aromatic N) is 1. The van der Waals surface area contributed by atoms with Gasteiger partial charge in [0.05, 0.1) is 0 Å². The van der Waals surface area contributed by atoms with Crippen molar-refractivity contribution in [3.63, 3.8) is 0 Å². The number of carboxylic acid groups (broad SMARTS) is 1. The Hall–Kier alpha value is -2.04. The van der Waals surface area contributed by atoms with Crippen molar-refractivity contribution in [3.05, 3.63) is 35.9 Å². The summed E-state index contributed by atoms with van der Waals surface area (Å²) in [5.41, 5.74) is -0.313. The zero-order valence-corrected chi connectivity index (χ0v) is 16.3. The Morgan fingerprint density at radius 1 is 1.19 bits per heavy atom. The first-order valence-electron chi connectivity index (χ1n) is 9.54. The topological polar surface area (TPSA) is 66.8 Å². The largest absolute Gasteiger partial charge is 0.479 e. The first kappa shape index (κ1) is 20.3. The lowest BCUT2D eigenvalue weighted by Crippen LogP contribution is -2.65. The second-order valence-electron chi connectivity index (χ2n) is 7.83. The van der Waals surface area contributed by atoms with Gasteiger partial charge in [-0.05, 0) is 44.1 Å². The Morgan fingerprint density at radius 2 is 1.85 bits per heavy atom. The molecule has 5 nitrogen and oxygen atoms in total. The van der Waals surface area contributed by atoms with E-state index in [1.807, 2.05) is 58.0 Å². The second-order valence-corrected chi connectivity index (χ2v) is 7.83. The van der Waals surface area contributed by atoms with Crippen LogP contribution in [0.1, 0.15) is 58.9 Å². The molecule has 0 bridgehead atoms. The minimum atomic E-state index is -1.20. The van der Waals surface area contributed by atoms with Gasteiger partial charge in [-0.2, -0.15) is 0 Å².